The molecule has 0 spiro atoms. The first-order chi connectivity index (χ1) is 8.16. The molecule has 3 nitrogen and oxygen atoms in total. The third-order valence-corrected chi connectivity index (χ3v) is 3.63. The molecule has 0 bridgehead atoms. The van der Waals surface area contributed by atoms with E-state index in [9.17, 15) is 4.79 Å². The smallest absolute Gasteiger partial charge is 0.253 e. The second-order valence-corrected chi connectivity index (χ2v) is 5.44. The van der Waals surface area contributed by atoms with Crippen LogP contribution in [0.2, 0.25) is 0 Å². The number of hydrogen-bond acceptors (Lipinski definition) is 3. The minimum absolute atomic E-state index is 0.150. The van der Waals surface area contributed by atoms with E-state index in [0.717, 1.165) is 9.35 Å². The van der Waals surface area contributed by atoms with Gasteiger partial charge in [0.2, 0.25) is 0 Å². The molecule has 2 aromatic rings. The predicted octanol–water partition coefficient (Wildman–Crippen LogP) is 3.02. The van der Waals surface area contributed by atoms with Crippen molar-refractivity contribution in [1.29, 1.82) is 0 Å². The average Bonchev–Trinajstić information content (AvgIpc) is 2.78. The largest absolute Gasteiger partial charge is 0.398 e. The molecular weight excluding hydrogens is 300 g/mol. The lowest BCUT2D eigenvalue weighted by atomic mass is 10.1. The summed E-state index contributed by atoms with van der Waals surface area (Å²) in [4.78, 5) is 13.0. The first kappa shape index (κ1) is 12.1. The number of carbonyl (C=O) groups excluding carboxylic acids is 1. The summed E-state index contributed by atoms with van der Waals surface area (Å²) in [5.41, 5.74) is 6.76. The Balaban J connectivity index is 2.04. The Morgan fingerprint density at radius 1 is 1.41 bits per heavy atom. The minimum atomic E-state index is -0.150. The molecule has 0 aliphatic carbocycles. The normalized spacial score (nSPS) is 10.2. The van der Waals surface area contributed by atoms with Gasteiger partial charge in [-0.2, -0.15) is 0 Å². The van der Waals surface area contributed by atoms with Crippen molar-refractivity contribution in [3.8, 4) is 0 Å². The Bertz CT molecular complexity index is 525. The van der Waals surface area contributed by atoms with Gasteiger partial charge >= 0.3 is 0 Å². The number of nitrogens with two attached hydrogens (primary N) is 1. The lowest BCUT2D eigenvalue weighted by Crippen LogP contribution is -2.23. The molecule has 0 saturated carbocycles. The van der Waals surface area contributed by atoms with E-state index in [-0.39, 0.29) is 5.91 Å². The minimum Gasteiger partial charge on any atom is -0.398 e. The van der Waals surface area contributed by atoms with Gasteiger partial charge in [0, 0.05) is 15.0 Å². The number of amides is 1. The highest BCUT2D eigenvalue weighted by atomic mass is 79.9. The first-order valence-corrected chi connectivity index (χ1v) is 6.69. The molecule has 0 aliphatic rings. The summed E-state index contributed by atoms with van der Waals surface area (Å²) in [6, 6.07) is 9.18. The van der Waals surface area contributed by atoms with Crippen molar-refractivity contribution >= 4 is 38.9 Å². The van der Waals surface area contributed by atoms with E-state index < -0.39 is 0 Å². The number of rotatable bonds is 3. The van der Waals surface area contributed by atoms with Gasteiger partial charge < -0.3 is 11.1 Å². The van der Waals surface area contributed by atoms with Crippen LogP contribution in [0.15, 0.2) is 40.2 Å². The first-order valence-electron chi connectivity index (χ1n) is 5.02. The fourth-order valence-corrected chi connectivity index (χ4v) is 2.44. The molecule has 1 aromatic heterocycles. The van der Waals surface area contributed by atoms with Crippen LogP contribution in [0, 0.1) is 0 Å². The number of nitrogens with one attached hydrogen (secondary N) is 1. The maximum atomic E-state index is 11.9. The predicted molar refractivity (Wildman–Crippen MR) is 74.0 cm³/mol. The average molecular weight is 311 g/mol. The summed E-state index contributed by atoms with van der Waals surface area (Å²) in [6.07, 6.45) is 0. The van der Waals surface area contributed by atoms with E-state index in [1.165, 1.54) is 0 Å². The molecule has 0 fully saturated rings. The van der Waals surface area contributed by atoms with Gasteiger partial charge in [0.1, 0.15) is 0 Å². The number of carbonyl (C=O) groups is 1. The van der Waals surface area contributed by atoms with Crippen molar-refractivity contribution in [2.24, 2.45) is 0 Å². The molecule has 3 N–H and O–H groups in total. The molecule has 88 valence electrons. The van der Waals surface area contributed by atoms with E-state index in [1.54, 1.807) is 29.5 Å². The second kappa shape index (κ2) is 5.33. The highest BCUT2D eigenvalue weighted by molar-refractivity contribution is 9.10. The van der Waals surface area contributed by atoms with Gasteiger partial charge in [-0.05, 0) is 29.6 Å². The summed E-state index contributed by atoms with van der Waals surface area (Å²) in [7, 11) is 0. The second-order valence-electron chi connectivity index (χ2n) is 3.49. The zero-order valence-electron chi connectivity index (χ0n) is 8.94. The van der Waals surface area contributed by atoms with E-state index >= 15 is 0 Å². The molecule has 17 heavy (non-hydrogen) atoms. The fraction of sp³-hybridized carbons (Fsp3) is 0.0833. The molecule has 2 rings (SSSR count). The number of hydrogen-bond donors (Lipinski definition) is 2. The molecule has 0 radical (unpaired) electrons. The zero-order valence-corrected chi connectivity index (χ0v) is 11.3. The highest BCUT2D eigenvalue weighted by Crippen LogP contribution is 2.18. The van der Waals surface area contributed by atoms with E-state index in [0.29, 0.717) is 17.8 Å². The monoisotopic (exact) mass is 310 g/mol. The SMILES string of the molecule is Nc1cc(Br)ccc1C(=O)NCc1cccs1. The van der Waals surface area contributed by atoms with Gasteiger partial charge in [0.05, 0.1) is 12.1 Å². The van der Waals surface area contributed by atoms with Crippen LogP contribution >= 0.6 is 27.3 Å². The Kier molecular flexibility index (Phi) is 3.81. The Hall–Kier alpha value is -1.33. The maximum Gasteiger partial charge on any atom is 0.253 e. The molecule has 0 atom stereocenters. The number of anilines is 1. The Morgan fingerprint density at radius 3 is 2.88 bits per heavy atom. The van der Waals surface area contributed by atoms with Gasteiger partial charge in [-0.3, -0.25) is 4.79 Å². The van der Waals surface area contributed by atoms with Crippen LogP contribution in [0.3, 0.4) is 0 Å². The van der Waals surface area contributed by atoms with Gasteiger partial charge in [-0.25, -0.2) is 0 Å². The lowest BCUT2D eigenvalue weighted by molar-refractivity contribution is 0.0952. The summed E-state index contributed by atoms with van der Waals surface area (Å²) in [5.74, 6) is -0.150. The van der Waals surface area contributed by atoms with Gasteiger partial charge in [-0.1, -0.05) is 22.0 Å². The van der Waals surface area contributed by atoms with Crippen LogP contribution in [-0.2, 0) is 6.54 Å². The van der Waals surface area contributed by atoms with Crippen LogP contribution < -0.4 is 11.1 Å². The van der Waals surface area contributed by atoms with Crippen LogP contribution in [0.25, 0.3) is 0 Å². The molecule has 5 heteroatoms. The number of benzene rings is 1. The highest BCUT2D eigenvalue weighted by Gasteiger charge is 2.09. The molecule has 0 aliphatic heterocycles. The molecule has 1 heterocycles. The van der Waals surface area contributed by atoms with Crippen molar-refractivity contribution in [3.05, 3.63) is 50.6 Å². The summed E-state index contributed by atoms with van der Waals surface area (Å²) >= 11 is 4.92. The zero-order chi connectivity index (χ0) is 12.3. The molecular formula is C12H11BrN2OS. The third kappa shape index (κ3) is 3.08. The third-order valence-electron chi connectivity index (χ3n) is 2.26. The fourth-order valence-electron chi connectivity index (χ4n) is 1.42. The number of thiophene rings is 1. The Labute approximate surface area is 112 Å². The van der Waals surface area contributed by atoms with Crippen molar-refractivity contribution < 1.29 is 4.79 Å². The van der Waals surface area contributed by atoms with Crippen LogP contribution in [0.5, 0.6) is 0 Å². The lowest BCUT2D eigenvalue weighted by Gasteiger charge is -2.06. The van der Waals surface area contributed by atoms with E-state index in [4.69, 9.17) is 5.73 Å². The van der Waals surface area contributed by atoms with Crippen molar-refractivity contribution in [2.45, 2.75) is 6.54 Å². The van der Waals surface area contributed by atoms with E-state index in [1.807, 2.05) is 17.5 Å². The van der Waals surface area contributed by atoms with Gasteiger partial charge in [0.25, 0.3) is 5.91 Å². The van der Waals surface area contributed by atoms with Gasteiger partial charge in [0.15, 0.2) is 0 Å². The summed E-state index contributed by atoms with van der Waals surface area (Å²) in [5, 5.41) is 4.82. The van der Waals surface area contributed by atoms with Crippen LogP contribution in [0.1, 0.15) is 15.2 Å². The van der Waals surface area contributed by atoms with Crippen molar-refractivity contribution in [1.82, 2.24) is 5.32 Å². The number of halogens is 1. The molecule has 1 amide bonds. The summed E-state index contributed by atoms with van der Waals surface area (Å²) < 4.78 is 0.866. The van der Waals surface area contributed by atoms with Crippen molar-refractivity contribution in [3.63, 3.8) is 0 Å². The topological polar surface area (TPSA) is 55.1 Å². The maximum absolute atomic E-state index is 11.9. The molecule has 0 saturated heterocycles. The molecule has 1 aromatic carbocycles. The van der Waals surface area contributed by atoms with Crippen LogP contribution in [0.4, 0.5) is 5.69 Å². The molecule has 0 unspecified atom stereocenters. The quantitative estimate of drug-likeness (QED) is 0.856. The Morgan fingerprint density at radius 2 is 2.24 bits per heavy atom. The van der Waals surface area contributed by atoms with E-state index in [2.05, 4.69) is 21.2 Å². The summed E-state index contributed by atoms with van der Waals surface area (Å²) in [6.45, 7) is 0.534. The van der Waals surface area contributed by atoms with Crippen molar-refractivity contribution in [2.75, 3.05) is 5.73 Å². The standard InChI is InChI=1S/C12H11BrN2OS/c13-8-3-4-10(11(14)6-8)12(16)15-7-9-2-1-5-17-9/h1-6H,7,14H2,(H,15,16). The van der Waals surface area contributed by atoms with Crippen LogP contribution in [-0.4, -0.2) is 5.91 Å². The number of nitrogen functional groups attached to an aromatic ring is 1. The van der Waals surface area contributed by atoms with Gasteiger partial charge in [-0.15, -0.1) is 11.3 Å².